The fourth-order valence-corrected chi connectivity index (χ4v) is 0.134. The molecule has 0 aliphatic carbocycles. The summed E-state index contributed by atoms with van der Waals surface area (Å²) < 4.78 is 0. The van der Waals surface area contributed by atoms with Gasteiger partial charge in [-0.05, 0) is 26.3 Å². The van der Waals surface area contributed by atoms with Gasteiger partial charge >= 0.3 is 0 Å². The molecule has 0 radical (unpaired) electrons. The summed E-state index contributed by atoms with van der Waals surface area (Å²) in [4.78, 5) is 2.63. The maximum absolute atomic E-state index is 7.86. The minimum absolute atomic E-state index is 0. The number of azide groups is 1. The van der Waals surface area contributed by atoms with E-state index in [4.69, 9.17) is 12.0 Å². The second-order valence-electron chi connectivity index (χ2n) is 4.75. The van der Waals surface area contributed by atoms with Gasteiger partial charge in [-0.15, -0.1) is 12.3 Å². The van der Waals surface area contributed by atoms with E-state index in [1.807, 2.05) is 41.5 Å². The standard InChI is InChI=1S/C6H10.C4H9N3.2CH4/c1-5-6(2,3)4;1-4(2,3)6-7-5;;/h1H,2-4H3;1-3H3;2*1H4. The maximum Gasteiger partial charge on any atom is 0.0403 e. The van der Waals surface area contributed by atoms with Crippen LogP contribution in [-0.2, 0) is 0 Å². The lowest BCUT2D eigenvalue weighted by Crippen LogP contribution is -2.06. The molecule has 0 saturated carbocycles. The van der Waals surface area contributed by atoms with Gasteiger partial charge < -0.3 is 0 Å². The van der Waals surface area contributed by atoms with Crippen molar-refractivity contribution in [3.8, 4) is 12.3 Å². The number of terminal acetylenes is 1. The Morgan fingerprint density at radius 1 is 1.07 bits per heavy atom. The molecule has 0 spiro atoms. The van der Waals surface area contributed by atoms with Gasteiger partial charge in [0.1, 0.15) is 0 Å². The summed E-state index contributed by atoms with van der Waals surface area (Å²) in [6, 6.07) is 0. The molecule has 0 unspecified atom stereocenters. The first-order valence-electron chi connectivity index (χ1n) is 4.16. The molecule has 0 rings (SSSR count). The summed E-state index contributed by atoms with van der Waals surface area (Å²) in [6.45, 7) is 11.6. The van der Waals surface area contributed by atoms with Gasteiger partial charge in [0.15, 0.2) is 0 Å². The van der Waals surface area contributed by atoms with Crippen molar-refractivity contribution in [2.24, 2.45) is 10.5 Å². The molecule has 0 aliphatic rings. The molecule has 3 nitrogen and oxygen atoms in total. The van der Waals surface area contributed by atoms with E-state index < -0.39 is 0 Å². The Morgan fingerprint density at radius 3 is 1.33 bits per heavy atom. The topological polar surface area (TPSA) is 48.8 Å². The minimum Gasteiger partial charge on any atom is -0.120 e. The largest absolute Gasteiger partial charge is 0.120 e. The van der Waals surface area contributed by atoms with Crippen LogP contribution in [0.2, 0.25) is 0 Å². The Bertz CT molecular complexity index is 217. The van der Waals surface area contributed by atoms with E-state index in [1.165, 1.54) is 0 Å². The highest BCUT2D eigenvalue weighted by molar-refractivity contribution is 4.96. The van der Waals surface area contributed by atoms with E-state index in [9.17, 15) is 0 Å². The second kappa shape index (κ2) is 9.43. The summed E-state index contributed by atoms with van der Waals surface area (Å²) in [5.74, 6) is 2.60. The number of hydrogen-bond donors (Lipinski definition) is 0. The smallest absolute Gasteiger partial charge is 0.0403 e. The van der Waals surface area contributed by atoms with Crippen LogP contribution >= 0.6 is 0 Å². The van der Waals surface area contributed by atoms with Crippen LogP contribution in [0.5, 0.6) is 0 Å². The molecule has 0 N–H and O–H groups in total. The first kappa shape index (κ1) is 23.6. The molecule has 90 valence electrons. The SMILES string of the molecule is C.C.C#CC(C)(C)C.CC(C)(C)N=[N+]=[N-]. The zero-order valence-electron chi connectivity index (χ0n) is 9.42. The average molecular weight is 213 g/mol. The van der Waals surface area contributed by atoms with Crippen molar-refractivity contribution in [3.63, 3.8) is 0 Å². The highest BCUT2D eigenvalue weighted by Crippen LogP contribution is 2.08. The molecular formula is C12H27N3. The lowest BCUT2D eigenvalue weighted by atomic mass is 9.99. The third kappa shape index (κ3) is 44.1. The monoisotopic (exact) mass is 213 g/mol. The molecule has 3 heteroatoms. The van der Waals surface area contributed by atoms with Crippen LogP contribution < -0.4 is 0 Å². The van der Waals surface area contributed by atoms with E-state index in [2.05, 4.69) is 15.9 Å². The van der Waals surface area contributed by atoms with E-state index in [-0.39, 0.29) is 25.8 Å². The Balaban J connectivity index is -0.0000000718. The van der Waals surface area contributed by atoms with E-state index >= 15 is 0 Å². The molecule has 15 heavy (non-hydrogen) atoms. The first-order chi connectivity index (χ1) is 5.62. The van der Waals surface area contributed by atoms with Crippen LogP contribution in [0.1, 0.15) is 56.4 Å². The molecule has 0 saturated heterocycles. The van der Waals surface area contributed by atoms with Crippen molar-refractivity contribution in [2.45, 2.75) is 61.9 Å². The third-order valence-electron chi connectivity index (χ3n) is 0.778. The van der Waals surface area contributed by atoms with Gasteiger partial charge in [0, 0.05) is 15.9 Å². The first-order valence-corrected chi connectivity index (χ1v) is 4.16. The molecule has 0 fully saturated rings. The normalized spacial score (nSPS) is 8.87. The number of nitrogens with zero attached hydrogens (tertiary/aromatic N) is 3. The van der Waals surface area contributed by atoms with Crippen molar-refractivity contribution in [2.75, 3.05) is 0 Å². The molecule has 0 aromatic rings. The Kier molecular flexibility index (Phi) is 14.8. The van der Waals surface area contributed by atoms with Crippen LogP contribution in [0.25, 0.3) is 10.4 Å². The minimum atomic E-state index is -0.241. The van der Waals surface area contributed by atoms with Gasteiger partial charge in [-0.2, -0.15) is 0 Å². The molecule has 0 amide bonds. The summed E-state index contributed by atoms with van der Waals surface area (Å²) in [7, 11) is 0. The fourth-order valence-electron chi connectivity index (χ4n) is 0.134. The third-order valence-corrected chi connectivity index (χ3v) is 0.778. The van der Waals surface area contributed by atoms with Gasteiger partial charge in [-0.3, -0.25) is 0 Å². The molecule has 0 atom stereocenters. The summed E-state index contributed by atoms with van der Waals surface area (Å²) in [5, 5.41) is 3.44. The van der Waals surface area contributed by atoms with Gasteiger partial charge in [-0.1, -0.05) is 40.7 Å². The summed E-state index contributed by atoms with van der Waals surface area (Å²) in [5.41, 5.74) is 7.69. The molecule has 0 aromatic carbocycles. The van der Waals surface area contributed by atoms with Crippen LogP contribution in [-0.4, -0.2) is 5.54 Å². The van der Waals surface area contributed by atoms with Gasteiger partial charge in [0.25, 0.3) is 0 Å². The highest BCUT2D eigenvalue weighted by atomic mass is 15.2. The predicted octanol–water partition coefficient (Wildman–Crippen LogP) is 5.03. The van der Waals surface area contributed by atoms with Crippen LogP contribution in [0.15, 0.2) is 5.11 Å². The van der Waals surface area contributed by atoms with Gasteiger partial charge in [0.05, 0.1) is 0 Å². The molecule has 0 aromatic heterocycles. The van der Waals surface area contributed by atoms with Crippen molar-refractivity contribution in [1.29, 1.82) is 0 Å². The molecule has 0 heterocycles. The molecular weight excluding hydrogens is 186 g/mol. The Hall–Kier alpha value is -1.13. The van der Waals surface area contributed by atoms with Crippen LogP contribution in [0, 0.1) is 17.8 Å². The lowest BCUT2D eigenvalue weighted by Gasteiger charge is -2.05. The zero-order valence-corrected chi connectivity index (χ0v) is 9.42. The number of hydrogen-bond acceptors (Lipinski definition) is 1. The van der Waals surface area contributed by atoms with Crippen molar-refractivity contribution in [1.82, 2.24) is 0 Å². The molecule has 0 aliphatic heterocycles. The molecule has 0 bridgehead atoms. The quantitative estimate of drug-likeness (QED) is 0.234. The average Bonchev–Trinajstić information content (AvgIpc) is 1.84. The predicted molar refractivity (Wildman–Crippen MR) is 70.6 cm³/mol. The van der Waals surface area contributed by atoms with Crippen molar-refractivity contribution >= 4 is 0 Å². The van der Waals surface area contributed by atoms with Crippen LogP contribution in [0.3, 0.4) is 0 Å². The van der Waals surface area contributed by atoms with Crippen molar-refractivity contribution < 1.29 is 0 Å². The zero-order chi connectivity index (χ0) is 11.1. The Morgan fingerprint density at radius 2 is 1.33 bits per heavy atom. The van der Waals surface area contributed by atoms with E-state index in [0.717, 1.165) is 0 Å². The second-order valence-corrected chi connectivity index (χ2v) is 4.75. The van der Waals surface area contributed by atoms with Crippen molar-refractivity contribution in [3.05, 3.63) is 10.4 Å². The summed E-state index contributed by atoms with van der Waals surface area (Å²) in [6.07, 6.45) is 5.06. The Labute approximate surface area is 95.9 Å². The highest BCUT2D eigenvalue weighted by Gasteiger charge is 2.03. The van der Waals surface area contributed by atoms with E-state index in [0.29, 0.717) is 0 Å². The summed E-state index contributed by atoms with van der Waals surface area (Å²) >= 11 is 0. The number of rotatable bonds is 0. The lowest BCUT2D eigenvalue weighted by molar-refractivity contribution is 0.571. The maximum atomic E-state index is 7.86. The fraction of sp³-hybridized carbons (Fsp3) is 0.833. The van der Waals surface area contributed by atoms with E-state index in [1.54, 1.807) is 0 Å². The van der Waals surface area contributed by atoms with Gasteiger partial charge in [0.2, 0.25) is 0 Å². The van der Waals surface area contributed by atoms with Gasteiger partial charge in [-0.25, -0.2) is 0 Å². The van der Waals surface area contributed by atoms with Crippen LogP contribution in [0.4, 0.5) is 0 Å².